The Hall–Kier alpha value is -5.16. The van der Waals surface area contributed by atoms with Crippen LogP contribution in [0.1, 0.15) is 84.4 Å². The van der Waals surface area contributed by atoms with E-state index in [1.165, 1.54) is 12.6 Å². The number of carbonyl (C=O) groups is 2. The molecule has 10 rings (SSSR count). The van der Waals surface area contributed by atoms with Gasteiger partial charge in [0.25, 0.3) is 11.8 Å². The summed E-state index contributed by atoms with van der Waals surface area (Å²) >= 11 is 0. The van der Waals surface area contributed by atoms with Gasteiger partial charge in [0, 0.05) is 67.7 Å². The Bertz CT molecular complexity index is 2370. The summed E-state index contributed by atoms with van der Waals surface area (Å²) in [5, 5.41) is 10.9. The molecule has 0 bridgehead atoms. The van der Waals surface area contributed by atoms with Crippen LogP contribution in [-0.4, -0.2) is 111 Å². The number of piperazine rings is 1. The summed E-state index contributed by atoms with van der Waals surface area (Å²) in [5.74, 6) is 1.07. The van der Waals surface area contributed by atoms with Crippen molar-refractivity contribution in [2.45, 2.75) is 80.7 Å². The van der Waals surface area contributed by atoms with Gasteiger partial charge in [0.05, 0.1) is 24.0 Å². The van der Waals surface area contributed by atoms with Crippen molar-refractivity contribution >= 4 is 61.2 Å². The first-order chi connectivity index (χ1) is 26.1. The van der Waals surface area contributed by atoms with Gasteiger partial charge in [0.15, 0.2) is 0 Å². The Balaban J connectivity index is 0.000000153. The van der Waals surface area contributed by atoms with Crippen LogP contribution < -0.4 is 20.9 Å². The van der Waals surface area contributed by atoms with Crippen molar-refractivity contribution in [2.24, 2.45) is 0 Å². The molecule has 17 heteroatoms. The molecular formula is C37H44N12O4S. The minimum Gasteiger partial charge on any atom is -0.368 e. The fourth-order valence-electron chi connectivity index (χ4n) is 8.75. The van der Waals surface area contributed by atoms with Gasteiger partial charge in [-0.05, 0) is 57.0 Å². The summed E-state index contributed by atoms with van der Waals surface area (Å²) in [7, 11) is -1.32. The highest BCUT2D eigenvalue weighted by Crippen LogP contribution is 2.38. The molecule has 5 aromatic rings. The van der Waals surface area contributed by atoms with Gasteiger partial charge in [-0.15, -0.1) is 0 Å². The molecule has 5 aliphatic rings. The van der Waals surface area contributed by atoms with Gasteiger partial charge in [0.1, 0.15) is 28.5 Å². The van der Waals surface area contributed by atoms with Crippen molar-refractivity contribution in [2.75, 3.05) is 49.7 Å². The lowest BCUT2D eigenvalue weighted by Gasteiger charge is -2.38. The Morgan fingerprint density at radius 1 is 0.722 bits per heavy atom. The molecule has 2 amide bonds. The highest BCUT2D eigenvalue weighted by Gasteiger charge is 2.38. The molecular weight excluding hydrogens is 709 g/mol. The highest BCUT2D eigenvalue weighted by atomic mass is 32.2. The number of nitrogens with one attached hydrogen (secondary N) is 3. The van der Waals surface area contributed by atoms with E-state index in [1.54, 1.807) is 12.3 Å². The number of carbonyl (C=O) groups excluding carboxylic acids is 2. The Morgan fingerprint density at radius 3 is 1.87 bits per heavy atom. The summed E-state index contributed by atoms with van der Waals surface area (Å²) < 4.78 is 27.4. The van der Waals surface area contributed by atoms with Crippen LogP contribution in [0.5, 0.6) is 0 Å². The molecule has 4 atom stereocenters. The Labute approximate surface area is 312 Å². The number of pyridine rings is 1. The van der Waals surface area contributed by atoms with E-state index >= 15 is 0 Å². The maximum Gasteiger partial charge on any atom is 0.268 e. The highest BCUT2D eigenvalue weighted by molar-refractivity contribution is 7.90. The average Bonchev–Trinajstić information content (AvgIpc) is 3.76. The summed E-state index contributed by atoms with van der Waals surface area (Å²) in [6, 6.07) is 8.40. The number of rotatable bonds is 4. The van der Waals surface area contributed by atoms with Crippen LogP contribution in [-0.2, 0) is 9.84 Å². The van der Waals surface area contributed by atoms with Gasteiger partial charge < -0.3 is 34.9 Å². The summed E-state index contributed by atoms with van der Waals surface area (Å²) in [6.45, 7) is 4.16. The van der Waals surface area contributed by atoms with Crippen molar-refractivity contribution in [3.05, 3.63) is 54.2 Å². The largest absolute Gasteiger partial charge is 0.368 e. The molecule has 0 unspecified atom stereocenters. The fourth-order valence-corrected chi connectivity index (χ4v) is 9.25. The van der Waals surface area contributed by atoms with Gasteiger partial charge in [-0.2, -0.15) is 9.97 Å². The van der Waals surface area contributed by atoms with Crippen molar-refractivity contribution in [3.8, 4) is 0 Å². The number of aromatic nitrogens is 7. The lowest BCUT2D eigenvalue weighted by atomic mass is 9.88. The second-order valence-electron chi connectivity index (χ2n) is 15.2. The second-order valence-corrected chi connectivity index (χ2v) is 17.1. The predicted octanol–water partition coefficient (Wildman–Crippen LogP) is 3.61. The molecule has 1 saturated heterocycles. The molecule has 282 valence electrons. The van der Waals surface area contributed by atoms with Crippen LogP contribution in [0.2, 0.25) is 0 Å². The maximum absolute atomic E-state index is 12.7. The maximum atomic E-state index is 12.7. The summed E-state index contributed by atoms with van der Waals surface area (Å²) in [5.41, 5.74) is 3.72. The third-order valence-corrected chi connectivity index (χ3v) is 12.4. The quantitative estimate of drug-likeness (QED) is 0.227. The van der Waals surface area contributed by atoms with Crippen LogP contribution in [0.4, 0.5) is 17.5 Å². The van der Waals surface area contributed by atoms with E-state index in [4.69, 9.17) is 4.98 Å². The number of hydrogen-bond donors (Lipinski definition) is 3. The zero-order valence-corrected chi connectivity index (χ0v) is 31.2. The monoisotopic (exact) mass is 752 g/mol. The summed E-state index contributed by atoms with van der Waals surface area (Å²) in [4.78, 5) is 51.6. The standard InChI is InChI=1S/C23H28N8O.C14H16N4O3S/c1-29-8-10-30(11-9-29)16-6-7-20(24-14-16)27-23-25-13-15-12-19-22(32)26-17-4-2-3-5-18(17)31(19)21(15)28-23;1-22(20,21)14-15-7-8-6-11-13(19)16-9-4-2-3-5-10(9)18(11)12(8)17-14/h6-7,12-14,17-18H,2-5,8-11H2,1H3,(H,26,32)(H,24,25,27,28);6-7,9-10H,2-5H2,1H3,(H,16,19)/t17-,18+;9-,10+/m00/s1. The van der Waals surface area contributed by atoms with Gasteiger partial charge >= 0.3 is 0 Å². The molecule has 8 heterocycles. The number of anilines is 3. The topological polar surface area (TPSA) is 185 Å². The van der Waals surface area contributed by atoms with Crippen LogP contribution >= 0.6 is 0 Å². The SMILES string of the molecule is CN1CCN(c2ccc(Nc3ncc4cc5n(c4n3)[C@@H]3CCCC[C@@H]3NC5=O)nc2)CC1.CS(=O)(=O)c1ncc2cc3n(c2n1)[C@@H]1CCCC[C@@H]1NC3=O. The molecule has 54 heavy (non-hydrogen) atoms. The van der Waals surface area contributed by atoms with Crippen LogP contribution in [0.15, 0.2) is 48.0 Å². The van der Waals surface area contributed by atoms with E-state index in [-0.39, 0.29) is 41.1 Å². The third kappa shape index (κ3) is 6.32. The molecule has 0 aromatic carbocycles. The molecule has 0 radical (unpaired) electrons. The summed E-state index contributed by atoms with van der Waals surface area (Å²) in [6.07, 6.45) is 14.8. The number of fused-ring (bicyclic) bond motifs is 10. The second kappa shape index (κ2) is 13.6. The van der Waals surface area contributed by atoms with Crippen LogP contribution in [0.25, 0.3) is 22.1 Å². The van der Waals surface area contributed by atoms with Crippen molar-refractivity contribution in [1.82, 2.24) is 49.6 Å². The van der Waals surface area contributed by atoms with Crippen molar-refractivity contribution in [1.29, 1.82) is 0 Å². The van der Waals surface area contributed by atoms with Crippen molar-refractivity contribution < 1.29 is 18.0 Å². The first kappa shape index (κ1) is 34.6. The average molecular weight is 753 g/mol. The van der Waals surface area contributed by atoms with Crippen molar-refractivity contribution in [3.63, 3.8) is 0 Å². The lowest BCUT2D eigenvalue weighted by Crippen LogP contribution is -2.48. The number of nitrogens with zero attached hydrogens (tertiary/aromatic N) is 9. The molecule has 16 nitrogen and oxygen atoms in total. The molecule has 3 aliphatic heterocycles. The molecule has 0 spiro atoms. The molecule has 2 aliphatic carbocycles. The Morgan fingerprint density at radius 2 is 1.30 bits per heavy atom. The van der Waals surface area contributed by atoms with E-state index in [0.29, 0.717) is 34.2 Å². The molecule has 5 aromatic heterocycles. The number of likely N-dealkylation sites (N-methyl/N-ethyl adjacent to an activating group) is 1. The lowest BCUT2D eigenvalue weighted by molar-refractivity contribution is 0.0847. The molecule has 3 N–H and O–H groups in total. The minimum atomic E-state index is -3.48. The van der Waals surface area contributed by atoms with Gasteiger partial charge in [0.2, 0.25) is 20.9 Å². The number of hydrogen-bond acceptors (Lipinski definition) is 12. The number of amides is 2. The van der Waals surface area contributed by atoms with E-state index < -0.39 is 9.84 Å². The minimum absolute atomic E-state index is 0.0122. The first-order valence-electron chi connectivity index (χ1n) is 18.8. The van der Waals surface area contributed by atoms with E-state index in [0.717, 1.165) is 94.1 Å². The third-order valence-electron chi connectivity index (χ3n) is 11.5. The van der Waals surface area contributed by atoms with E-state index in [9.17, 15) is 18.0 Å². The van der Waals surface area contributed by atoms with Gasteiger partial charge in [-0.25, -0.2) is 23.4 Å². The van der Waals surface area contributed by atoms with Gasteiger partial charge in [-0.3, -0.25) is 9.59 Å². The Kier molecular flexibility index (Phi) is 8.72. The fraction of sp³-hybridized carbons (Fsp3) is 0.486. The first-order valence-corrected chi connectivity index (χ1v) is 20.7. The van der Waals surface area contributed by atoms with Crippen LogP contribution in [0, 0.1) is 0 Å². The van der Waals surface area contributed by atoms with Gasteiger partial charge in [-0.1, -0.05) is 25.7 Å². The van der Waals surface area contributed by atoms with E-state index in [2.05, 4.69) is 63.4 Å². The zero-order valence-electron chi connectivity index (χ0n) is 30.4. The van der Waals surface area contributed by atoms with E-state index in [1.807, 2.05) is 22.9 Å². The number of sulfone groups is 1. The molecule has 2 saturated carbocycles. The zero-order chi connectivity index (χ0) is 37.1. The predicted molar refractivity (Wildman–Crippen MR) is 203 cm³/mol. The smallest absolute Gasteiger partial charge is 0.268 e. The van der Waals surface area contributed by atoms with Crippen LogP contribution in [0.3, 0.4) is 0 Å². The normalized spacial score (nSPS) is 24.0. The molecule has 3 fully saturated rings.